The van der Waals surface area contributed by atoms with Crippen molar-refractivity contribution in [3.8, 4) is 0 Å². The predicted molar refractivity (Wildman–Crippen MR) is 85.2 cm³/mol. The number of hydrogen-bond donors (Lipinski definition) is 1. The third-order valence-corrected chi connectivity index (χ3v) is 4.88. The molecule has 120 valence electrons. The van der Waals surface area contributed by atoms with Crippen molar-refractivity contribution in [1.29, 1.82) is 0 Å². The van der Waals surface area contributed by atoms with Crippen molar-refractivity contribution in [3.63, 3.8) is 0 Å². The van der Waals surface area contributed by atoms with Crippen LogP contribution in [0, 0.1) is 5.92 Å². The van der Waals surface area contributed by atoms with Gasteiger partial charge in [-0.25, -0.2) is 0 Å². The summed E-state index contributed by atoms with van der Waals surface area (Å²) >= 11 is 0. The van der Waals surface area contributed by atoms with Gasteiger partial charge in [0, 0.05) is 13.7 Å². The first-order valence-corrected chi connectivity index (χ1v) is 8.30. The van der Waals surface area contributed by atoms with E-state index in [0.717, 1.165) is 25.5 Å². The summed E-state index contributed by atoms with van der Waals surface area (Å²) in [6, 6.07) is 0. The molecule has 1 saturated carbocycles. The van der Waals surface area contributed by atoms with E-state index in [2.05, 4.69) is 26.1 Å². The molecule has 0 aromatic carbocycles. The quantitative estimate of drug-likeness (QED) is 0.699. The van der Waals surface area contributed by atoms with Crippen LogP contribution in [-0.2, 0) is 9.47 Å². The lowest BCUT2D eigenvalue weighted by atomic mass is 9.77. The average molecular weight is 285 g/mol. The Hall–Kier alpha value is -0.120. The first-order chi connectivity index (χ1) is 9.47. The summed E-state index contributed by atoms with van der Waals surface area (Å²) in [7, 11) is 3.81. The van der Waals surface area contributed by atoms with Gasteiger partial charge < -0.3 is 14.8 Å². The largest absolute Gasteiger partial charge is 0.379 e. The van der Waals surface area contributed by atoms with Crippen molar-refractivity contribution < 1.29 is 9.47 Å². The van der Waals surface area contributed by atoms with Crippen LogP contribution in [0.2, 0.25) is 0 Å². The Labute approximate surface area is 125 Å². The molecule has 0 radical (unpaired) electrons. The van der Waals surface area contributed by atoms with Gasteiger partial charge in [0.15, 0.2) is 0 Å². The summed E-state index contributed by atoms with van der Waals surface area (Å²) in [5.74, 6) is 0.920. The molecule has 1 aliphatic carbocycles. The van der Waals surface area contributed by atoms with E-state index < -0.39 is 0 Å². The zero-order valence-corrected chi connectivity index (χ0v) is 14.3. The van der Waals surface area contributed by atoms with Gasteiger partial charge >= 0.3 is 0 Å². The number of rotatable bonds is 9. The summed E-state index contributed by atoms with van der Waals surface area (Å²) in [6.07, 6.45) is 8.69. The van der Waals surface area contributed by atoms with E-state index in [9.17, 15) is 0 Å². The molecule has 3 nitrogen and oxygen atoms in total. The molecule has 1 fully saturated rings. The highest BCUT2D eigenvalue weighted by Crippen LogP contribution is 2.37. The second-order valence-corrected chi connectivity index (χ2v) is 7.01. The van der Waals surface area contributed by atoms with E-state index in [4.69, 9.17) is 9.47 Å². The Balaban J connectivity index is 2.44. The normalized spacial score (nSPS) is 27.8. The van der Waals surface area contributed by atoms with Gasteiger partial charge in [0.2, 0.25) is 0 Å². The Morgan fingerprint density at radius 1 is 1.25 bits per heavy atom. The molecular formula is C17H35NO2. The maximum absolute atomic E-state index is 6.33. The van der Waals surface area contributed by atoms with Gasteiger partial charge in [0.05, 0.1) is 17.8 Å². The molecule has 20 heavy (non-hydrogen) atoms. The molecule has 3 heteroatoms. The minimum atomic E-state index is -0.0831. The number of methoxy groups -OCH3 is 1. The number of ether oxygens (including phenoxy) is 2. The van der Waals surface area contributed by atoms with Crippen LogP contribution in [0.5, 0.6) is 0 Å². The van der Waals surface area contributed by atoms with Gasteiger partial charge in [-0.1, -0.05) is 19.8 Å². The number of hydrogen-bond acceptors (Lipinski definition) is 3. The fraction of sp³-hybridized carbons (Fsp3) is 1.00. The number of nitrogens with one attached hydrogen (secondary N) is 1. The molecule has 0 amide bonds. The van der Waals surface area contributed by atoms with Crippen LogP contribution in [0.25, 0.3) is 0 Å². The molecule has 0 unspecified atom stereocenters. The van der Waals surface area contributed by atoms with Gasteiger partial charge in [-0.15, -0.1) is 0 Å². The van der Waals surface area contributed by atoms with Gasteiger partial charge in [0.25, 0.3) is 0 Å². The van der Waals surface area contributed by atoms with Crippen LogP contribution in [0.4, 0.5) is 0 Å². The minimum absolute atomic E-state index is 0.0583. The van der Waals surface area contributed by atoms with Crippen LogP contribution in [0.15, 0.2) is 0 Å². The average Bonchev–Trinajstić information content (AvgIpc) is 2.42. The maximum Gasteiger partial charge on any atom is 0.0806 e. The fourth-order valence-corrected chi connectivity index (χ4v) is 3.21. The Kier molecular flexibility index (Phi) is 7.49. The van der Waals surface area contributed by atoms with E-state index >= 15 is 0 Å². The SMILES string of the molecule is CCCC1CCC(CNC)(OCCC(C)(C)OC)CC1. The molecule has 1 N–H and O–H groups in total. The highest BCUT2D eigenvalue weighted by molar-refractivity contribution is 4.89. The Morgan fingerprint density at radius 3 is 2.40 bits per heavy atom. The molecule has 1 aliphatic rings. The Morgan fingerprint density at radius 2 is 1.90 bits per heavy atom. The summed E-state index contributed by atoms with van der Waals surface area (Å²) in [5, 5.41) is 3.33. The smallest absolute Gasteiger partial charge is 0.0806 e. The lowest BCUT2D eigenvalue weighted by Gasteiger charge is -2.41. The van der Waals surface area contributed by atoms with Gasteiger partial charge in [-0.2, -0.15) is 0 Å². The first-order valence-electron chi connectivity index (χ1n) is 8.30. The molecule has 0 heterocycles. The van der Waals surface area contributed by atoms with E-state index in [0.29, 0.717) is 0 Å². The number of likely N-dealkylation sites (N-methyl/N-ethyl adjacent to an activating group) is 1. The topological polar surface area (TPSA) is 30.5 Å². The van der Waals surface area contributed by atoms with Gasteiger partial charge in [-0.3, -0.25) is 0 Å². The van der Waals surface area contributed by atoms with E-state index in [1.54, 1.807) is 7.11 Å². The van der Waals surface area contributed by atoms with Crippen LogP contribution in [0.1, 0.15) is 65.7 Å². The van der Waals surface area contributed by atoms with Crippen LogP contribution in [0.3, 0.4) is 0 Å². The van der Waals surface area contributed by atoms with Gasteiger partial charge in [-0.05, 0) is 58.9 Å². The molecule has 0 atom stereocenters. The fourth-order valence-electron chi connectivity index (χ4n) is 3.21. The van der Waals surface area contributed by atoms with Crippen molar-refractivity contribution in [2.45, 2.75) is 76.9 Å². The maximum atomic E-state index is 6.33. The standard InChI is InChI=1S/C17H35NO2/c1-6-7-15-8-10-17(11-9-15,14-18-4)20-13-12-16(2,3)19-5/h15,18H,6-14H2,1-5H3. The van der Waals surface area contributed by atoms with Crippen LogP contribution < -0.4 is 5.32 Å². The highest BCUT2D eigenvalue weighted by Gasteiger charge is 2.35. The molecule has 0 aromatic heterocycles. The monoisotopic (exact) mass is 285 g/mol. The van der Waals surface area contributed by atoms with Crippen LogP contribution >= 0.6 is 0 Å². The summed E-state index contributed by atoms with van der Waals surface area (Å²) in [5.41, 5.74) is -0.0247. The summed E-state index contributed by atoms with van der Waals surface area (Å²) < 4.78 is 11.8. The van der Waals surface area contributed by atoms with Crippen molar-refractivity contribution >= 4 is 0 Å². The van der Waals surface area contributed by atoms with Crippen molar-refractivity contribution in [2.75, 3.05) is 27.3 Å². The molecular weight excluding hydrogens is 250 g/mol. The molecule has 0 aromatic rings. The zero-order chi connectivity index (χ0) is 15.1. The lowest BCUT2D eigenvalue weighted by molar-refractivity contribution is -0.0960. The van der Waals surface area contributed by atoms with E-state index in [1.807, 2.05) is 7.05 Å². The second-order valence-electron chi connectivity index (χ2n) is 7.01. The van der Waals surface area contributed by atoms with Crippen molar-refractivity contribution in [1.82, 2.24) is 5.32 Å². The van der Waals surface area contributed by atoms with Crippen molar-refractivity contribution in [3.05, 3.63) is 0 Å². The van der Waals surface area contributed by atoms with Crippen molar-refractivity contribution in [2.24, 2.45) is 5.92 Å². The minimum Gasteiger partial charge on any atom is -0.379 e. The van der Waals surface area contributed by atoms with Gasteiger partial charge in [0.1, 0.15) is 0 Å². The zero-order valence-electron chi connectivity index (χ0n) is 14.3. The van der Waals surface area contributed by atoms with Crippen LogP contribution in [-0.4, -0.2) is 38.5 Å². The lowest BCUT2D eigenvalue weighted by Crippen LogP contribution is -2.46. The molecule has 1 rings (SSSR count). The van der Waals surface area contributed by atoms with E-state index in [-0.39, 0.29) is 11.2 Å². The van der Waals surface area contributed by atoms with E-state index in [1.165, 1.54) is 38.5 Å². The summed E-state index contributed by atoms with van der Waals surface area (Å²) in [4.78, 5) is 0. The first kappa shape index (κ1) is 17.9. The molecule has 0 saturated heterocycles. The highest BCUT2D eigenvalue weighted by atomic mass is 16.5. The predicted octanol–water partition coefficient (Wildman–Crippen LogP) is 3.77. The third-order valence-electron chi connectivity index (χ3n) is 4.88. The molecule has 0 bridgehead atoms. The second kappa shape index (κ2) is 8.35. The molecule has 0 aliphatic heterocycles. The molecule has 0 spiro atoms. The summed E-state index contributed by atoms with van der Waals surface area (Å²) in [6.45, 7) is 8.30. The third kappa shape index (κ3) is 5.71. The Bertz CT molecular complexity index is 258.